The number of amides is 3. The molecule has 9 nitrogen and oxygen atoms in total. The van der Waals surface area contributed by atoms with Gasteiger partial charge in [-0.1, -0.05) is 24.3 Å². The molecule has 0 aliphatic rings. The Morgan fingerprint density at radius 2 is 1.80 bits per heavy atom. The standard InChI is InChI=1S/C31H36N6O3/c1-5-40-26-11-7-9-23(18-26)28(35-25-12-13-27-22(17-25)14-15-33-29(27)32)30(38)34-19-21-8-6-10-24(16-21)36-31(39)37(4)20(2)3/h6-18,20,28,35H,5,19H2,1-4H3,(H2,32,33)(H,34,38)(H,36,39). The predicted octanol–water partition coefficient (Wildman–Crippen LogP) is 5.56. The van der Waals surface area contributed by atoms with Crippen molar-refractivity contribution in [1.29, 1.82) is 0 Å². The van der Waals surface area contributed by atoms with Gasteiger partial charge in [-0.2, -0.15) is 0 Å². The zero-order chi connectivity index (χ0) is 28.6. The number of nitrogen functional groups attached to an aromatic ring is 1. The van der Waals surface area contributed by atoms with Gasteiger partial charge in [-0.05, 0) is 85.8 Å². The number of rotatable bonds is 10. The molecule has 0 bridgehead atoms. The first-order valence-corrected chi connectivity index (χ1v) is 13.3. The first-order chi connectivity index (χ1) is 19.2. The van der Waals surface area contributed by atoms with E-state index in [9.17, 15) is 9.59 Å². The summed E-state index contributed by atoms with van der Waals surface area (Å²) >= 11 is 0. The van der Waals surface area contributed by atoms with Crippen LogP contribution in [-0.2, 0) is 11.3 Å². The molecule has 1 atom stereocenters. The summed E-state index contributed by atoms with van der Waals surface area (Å²) in [7, 11) is 1.75. The Morgan fingerprint density at radius 3 is 2.58 bits per heavy atom. The number of urea groups is 1. The van der Waals surface area contributed by atoms with Crippen LogP contribution in [0.2, 0.25) is 0 Å². The number of nitrogens with zero attached hydrogens (tertiary/aromatic N) is 2. The van der Waals surface area contributed by atoms with E-state index in [2.05, 4.69) is 20.9 Å². The number of hydrogen-bond acceptors (Lipinski definition) is 6. The van der Waals surface area contributed by atoms with Crippen LogP contribution in [0.15, 0.2) is 79.0 Å². The van der Waals surface area contributed by atoms with Gasteiger partial charge in [0.1, 0.15) is 17.6 Å². The second kappa shape index (κ2) is 12.8. The molecule has 0 saturated heterocycles. The van der Waals surface area contributed by atoms with Crippen molar-refractivity contribution in [2.24, 2.45) is 0 Å². The summed E-state index contributed by atoms with van der Waals surface area (Å²) in [5.74, 6) is 0.931. The summed E-state index contributed by atoms with van der Waals surface area (Å²) in [6, 6.07) is 21.7. The molecule has 3 amide bonds. The minimum Gasteiger partial charge on any atom is -0.494 e. The van der Waals surface area contributed by atoms with Crippen LogP contribution in [-0.4, -0.2) is 41.5 Å². The monoisotopic (exact) mass is 540 g/mol. The molecule has 0 spiro atoms. The van der Waals surface area contributed by atoms with Crippen molar-refractivity contribution in [2.75, 3.05) is 30.0 Å². The second-order valence-electron chi connectivity index (χ2n) is 9.77. The molecule has 3 aromatic carbocycles. The summed E-state index contributed by atoms with van der Waals surface area (Å²) in [6.07, 6.45) is 1.66. The van der Waals surface area contributed by atoms with Crippen molar-refractivity contribution in [3.05, 3.63) is 90.1 Å². The predicted molar refractivity (Wildman–Crippen MR) is 160 cm³/mol. The fourth-order valence-electron chi connectivity index (χ4n) is 4.21. The Labute approximate surface area is 234 Å². The van der Waals surface area contributed by atoms with Crippen LogP contribution in [0.5, 0.6) is 5.75 Å². The summed E-state index contributed by atoms with van der Waals surface area (Å²) in [6.45, 7) is 6.62. The summed E-state index contributed by atoms with van der Waals surface area (Å²) in [5.41, 5.74) is 9.06. The van der Waals surface area contributed by atoms with Gasteiger partial charge in [0, 0.05) is 42.6 Å². The maximum absolute atomic E-state index is 13.6. The van der Waals surface area contributed by atoms with E-state index >= 15 is 0 Å². The van der Waals surface area contributed by atoms with E-state index in [1.165, 1.54) is 0 Å². The van der Waals surface area contributed by atoms with E-state index in [0.29, 0.717) is 23.9 Å². The molecule has 1 heterocycles. The van der Waals surface area contributed by atoms with Crippen LogP contribution in [0.1, 0.15) is 37.9 Å². The van der Waals surface area contributed by atoms with Gasteiger partial charge < -0.3 is 31.3 Å². The largest absolute Gasteiger partial charge is 0.494 e. The van der Waals surface area contributed by atoms with E-state index in [4.69, 9.17) is 10.5 Å². The lowest BCUT2D eigenvalue weighted by molar-refractivity contribution is -0.122. The summed E-state index contributed by atoms with van der Waals surface area (Å²) in [5, 5.41) is 11.1. The summed E-state index contributed by atoms with van der Waals surface area (Å²) < 4.78 is 5.68. The summed E-state index contributed by atoms with van der Waals surface area (Å²) in [4.78, 5) is 31.8. The maximum Gasteiger partial charge on any atom is 0.321 e. The highest BCUT2D eigenvalue weighted by Crippen LogP contribution is 2.27. The van der Waals surface area contributed by atoms with E-state index in [1.807, 2.05) is 93.6 Å². The quantitative estimate of drug-likeness (QED) is 0.209. The number of carbonyl (C=O) groups is 2. The molecule has 9 heteroatoms. The first kappa shape index (κ1) is 28.2. The van der Waals surface area contributed by atoms with Crippen molar-refractivity contribution in [1.82, 2.24) is 15.2 Å². The molecule has 1 unspecified atom stereocenters. The lowest BCUT2D eigenvalue weighted by atomic mass is 10.0. The molecule has 0 saturated carbocycles. The van der Waals surface area contributed by atoms with Crippen molar-refractivity contribution >= 4 is 39.9 Å². The van der Waals surface area contributed by atoms with Crippen molar-refractivity contribution in [3.8, 4) is 5.75 Å². The van der Waals surface area contributed by atoms with E-state index < -0.39 is 6.04 Å². The van der Waals surface area contributed by atoms with Crippen molar-refractivity contribution < 1.29 is 14.3 Å². The van der Waals surface area contributed by atoms with Crippen LogP contribution in [0.3, 0.4) is 0 Å². The Balaban J connectivity index is 1.54. The molecular formula is C31H36N6O3. The Bertz CT molecular complexity index is 1490. The molecule has 40 heavy (non-hydrogen) atoms. The molecule has 1 aromatic heterocycles. The number of ether oxygens (including phenoxy) is 1. The van der Waals surface area contributed by atoms with Gasteiger partial charge in [-0.25, -0.2) is 9.78 Å². The van der Waals surface area contributed by atoms with Crippen molar-refractivity contribution in [2.45, 2.75) is 39.4 Å². The zero-order valence-electron chi connectivity index (χ0n) is 23.3. The fourth-order valence-corrected chi connectivity index (χ4v) is 4.21. The van der Waals surface area contributed by atoms with E-state index in [0.717, 1.165) is 27.6 Å². The number of nitrogens with one attached hydrogen (secondary N) is 3. The smallest absolute Gasteiger partial charge is 0.321 e. The number of nitrogens with two attached hydrogens (primary N) is 1. The van der Waals surface area contributed by atoms with Crippen LogP contribution < -0.4 is 26.4 Å². The van der Waals surface area contributed by atoms with Gasteiger partial charge in [0.15, 0.2) is 0 Å². The van der Waals surface area contributed by atoms with Crippen LogP contribution >= 0.6 is 0 Å². The van der Waals surface area contributed by atoms with Gasteiger partial charge in [-0.15, -0.1) is 0 Å². The van der Waals surface area contributed by atoms with Crippen LogP contribution in [0.25, 0.3) is 10.8 Å². The lowest BCUT2D eigenvalue weighted by Crippen LogP contribution is -2.36. The highest BCUT2D eigenvalue weighted by Gasteiger charge is 2.22. The minimum atomic E-state index is -0.695. The average molecular weight is 541 g/mol. The highest BCUT2D eigenvalue weighted by atomic mass is 16.5. The van der Waals surface area contributed by atoms with Crippen LogP contribution in [0, 0.1) is 0 Å². The fraction of sp³-hybridized carbons (Fsp3) is 0.258. The average Bonchev–Trinajstić information content (AvgIpc) is 2.94. The lowest BCUT2D eigenvalue weighted by Gasteiger charge is -2.22. The SMILES string of the molecule is CCOc1cccc(C(Nc2ccc3c(N)nccc3c2)C(=O)NCc2cccc(NC(=O)N(C)C(C)C)c2)c1. The zero-order valence-corrected chi connectivity index (χ0v) is 23.3. The number of carbonyl (C=O) groups excluding carboxylic acids is 2. The Hall–Kier alpha value is -4.79. The van der Waals surface area contributed by atoms with Crippen molar-refractivity contribution in [3.63, 3.8) is 0 Å². The van der Waals surface area contributed by atoms with Gasteiger partial charge in [-0.3, -0.25) is 4.79 Å². The third-order valence-electron chi connectivity index (χ3n) is 6.61. The number of pyridine rings is 1. The molecule has 5 N–H and O–H groups in total. The molecule has 0 fully saturated rings. The molecule has 208 valence electrons. The van der Waals surface area contributed by atoms with E-state index in [-0.39, 0.29) is 24.5 Å². The van der Waals surface area contributed by atoms with Gasteiger partial charge in [0.25, 0.3) is 0 Å². The minimum absolute atomic E-state index is 0.0739. The number of benzene rings is 3. The third-order valence-corrected chi connectivity index (χ3v) is 6.61. The molecule has 0 radical (unpaired) electrons. The Morgan fingerprint density at radius 1 is 1.00 bits per heavy atom. The normalized spacial score (nSPS) is 11.6. The topological polar surface area (TPSA) is 122 Å². The number of anilines is 3. The molecule has 0 aliphatic heterocycles. The van der Waals surface area contributed by atoms with Gasteiger partial charge in [0.2, 0.25) is 5.91 Å². The first-order valence-electron chi connectivity index (χ1n) is 13.3. The molecule has 0 aliphatic carbocycles. The van der Waals surface area contributed by atoms with Gasteiger partial charge in [0.05, 0.1) is 6.61 Å². The molecular weight excluding hydrogens is 504 g/mol. The van der Waals surface area contributed by atoms with E-state index in [1.54, 1.807) is 18.1 Å². The second-order valence-corrected chi connectivity index (χ2v) is 9.77. The number of hydrogen-bond donors (Lipinski definition) is 4. The van der Waals surface area contributed by atoms with Crippen LogP contribution in [0.4, 0.5) is 22.0 Å². The number of fused-ring (bicyclic) bond motifs is 1. The highest BCUT2D eigenvalue weighted by molar-refractivity contribution is 5.94. The Kier molecular flexibility index (Phi) is 9.06. The maximum atomic E-state index is 13.6. The molecule has 4 aromatic rings. The third kappa shape index (κ3) is 6.99. The number of aromatic nitrogens is 1. The van der Waals surface area contributed by atoms with Gasteiger partial charge >= 0.3 is 6.03 Å². The molecule has 4 rings (SSSR count).